The first-order valence-electron chi connectivity index (χ1n) is 5.74. The number of rotatable bonds is 4. The number of aliphatic carboxylic acids is 1. The van der Waals surface area contributed by atoms with Crippen LogP contribution in [0.1, 0.15) is 47.8 Å². The van der Waals surface area contributed by atoms with Gasteiger partial charge in [0, 0.05) is 17.9 Å². The molecule has 1 heterocycles. The normalized spacial score (nSPS) is 16.2. The van der Waals surface area contributed by atoms with Gasteiger partial charge in [0.05, 0.1) is 12.0 Å². The zero-order chi connectivity index (χ0) is 12.4. The summed E-state index contributed by atoms with van der Waals surface area (Å²) < 4.78 is 1.84. The van der Waals surface area contributed by atoms with Crippen molar-refractivity contribution in [1.29, 1.82) is 0 Å². The standard InChI is InChI=1S/C12H15NO4/c14-11(15)7-10-9(12(16)17)5-6-13(10)8-3-1-2-4-8/h5-6,8H,1-4,7H2,(H,14,15)(H,16,17). The van der Waals surface area contributed by atoms with E-state index >= 15 is 0 Å². The Morgan fingerprint density at radius 3 is 2.47 bits per heavy atom. The molecule has 1 aliphatic rings. The summed E-state index contributed by atoms with van der Waals surface area (Å²) in [5.74, 6) is -2.05. The van der Waals surface area contributed by atoms with Crippen molar-refractivity contribution in [2.75, 3.05) is 0 Å². The minimum absolute atomic E-state index is 0.110. The Bertz CT molecular complexity index is 443. The minimum Gasteiger partial charge on any atom is -0.481 e. The van der Waals surface area contributed by atoms with Gasteiger partial charge in [0.1, 0.15) is 0 Å². The van der Waals surface area contributed by atoms with E-state index in [4.69, 9.17) is 10.2 Å². The third kappa shape index (κ3) is 2.33. The first-order chi connectivity index (χ1) is 8.09. The van der Waals surface area contributed by atoms with Crippen molar-refractivity contribution in [2.45, 2.75) is 38.1 Å². The minimum atomic E-state index is -1.06. The third-order valence-electron chi connectivity index (χ3n) is 3.29. The van der Waals surface area contributed by atoms with Gasteiger partial charge in [-0.05, 0) is 18.9 Å². The van der Waals surface area contributed by atoms with Crippen LogP contribution in [0, 0.1) is 0 Å². The lowest BCUT2D eigenvalue weighted by Gasteiger charge is -2.15. The van der Waals surface area contributed by atoms with Crippen LogP contribution in [0.5, 0.6) is 0 Å². The quantitative estimate of drug-likeness (QED) is 0.838. The predicted molar refractivity (Wildman–Crippen MR) is 60.2 cm³/mol. The molecule has 5 heteroatoms. The molecule has 0 spiro atoms. The molecule has 1 aromatic heterocycles. The SMILES string of the molecule is O=C(O)Cc1c(C(=O)O)ccn1C1CCCC1. The number of hydrogen-bond donors (Lipinski definition) is 2. The van der Waals surface area contributed by atoms with Gasteiger partial charge in [0.15, 0.2) is 0 Å². The van der Waals surface area contributed by atoms with Crippen molar-refractivity contribution in [1.82, 2.24) is 4.57 Å². The Morgan fingerprint density at radius 2 is 1.94 bits per heavy atom. The molecule has 0 saturated heterocycles. The maximum absolute atomic E-state index is 11.0. The Labute approximate surface area is 98.7 Å². The maximum atomic E-state index is 11.0. The molecule has 1 saturated carbocycles. The number of carboxylic acid groups (broad SMARTS) is 2. The molecular weight excluding hydrogens is 222 g/mol. The van der Waals surface area contributed by atoms with Crippen LogP contribution >= 0.6 is 0 Å². The predicted octanol–water partition coefficient (Wildman–Crippen LogP) is 1.93. The Hall–Kier alpha value is -1.78. The summed E-state index contributed by atoms with van der Waals surface area (Å²) in [6.45, 7) is 0. The molecule has 0 atom stereocenters. The third-order valence-corrected chi connectivity index (χ3v) is 3.29. The van der Waals surface area contributed by atoms with Gasteiger partial charge in [-0.15, -0.1) is 0 Å². The molecule has 92 valence electrons. The van der Waals surface area contributed by atoms with E-state index in [0.717, 1.165) is 25.7 Å². The van der Waals surface area contributed by atoms with Crippen LogP contribution in [0.3, 0.4) is 0 Å². The van der Waals surface area contributed by atoms with Crippen LogP contribution in [-0.2, 0) is 11.2 Å². The van der Waals surface area contributed by atoms with Gasteiger partial charge in [-0.1, -0.05) is 12.8 Å². The van der Waals surface area contributed by atoms with Crippen LogP contribution in [0.4, 0.5) is 0 Å². The van der Waals surface area contributed by atoms with Crippen LogP contribution in [-0.4, -0.2) is 26.7 Å². The number of carboxylic acids is 2. The van der Waals surface area contributed by atoms with Crippen molar-refractivity contribution in [3.8, 4) is 0 Å². The first-order valence-corrected chi connectivity index (χ1v) is 5.74. The lowest BCUT2D eigenvalue weighted by molar-refractivity contribution is -0.136. The molecule has 5 nitrogen and oxygen atoms in total. The van der Waals surface area contributed by atoms with Gasteiger partial charge >= 0.3 is 11.9 Å². The lowest BCUT2D eigenvalue weighted by atomic mass is 10.1. The molecule has 0 aliphatic heterocycles. The van der Waals surface area contributed by atoms with Gasteiger partial charge in [0.2, 0.25) is 0 Å². The molecule has 0 unspecified atom stereocenters. The molecular formula is C12H15NO4. The topological polar surface area (TPSA) is 79.5 Å². The van der Waals surface area contributed by atoms with E-state index in [1.165, 1.54) is 6.07 Å². The molecule has 0 radical (unpaired) electrons. The van der Waals surface area contributed by atoms with E-state index in [-0.39, 0.29) is 18.0 Å². The number of carbonyl (C=O) groups is 2. The smallest absolute Gasteiger partial charge is 0.337 e. The van der Waals surface area contributed by atoms with Crippen LogP contribution in [0.2, 0.25) is 0 Å². The fourth-order valence-electron chi connectivity index (χ4n) is 2.53. The Balaban J connectivity index is 2.36. The number of hydrogen-bond acceptors (Lipinski definition) is 2. The molecule has 0 bridgehead atoms. The van der Waals surface area contributed by atoms with E-state index in [1.54, 1.807) is 6.20 Å². The van der Waals surface area contributed by atoms with Gasteiger partial charge in [-0.2, -0.15) is 0 Å². The highest BCUT2D eigenvalue weighted by atomic mass is 16.4. The van der Waals surface area contributed by atoms with E-state index in [9.17, 15) is 9.59 Å². The fourth-order valence-corrected chi connectivity index (χ4v) is 2.53. The summed E-state index contributed by atoms with van der Waals surface area (Å²) in [6, 6.07) is 1.76. The molecule has 0 amide bonds. The maximum Gasteiger partial charge on any atom is 0.337 e. The molecule has 2 rings (SSSR count). The average Bonchev–Trinajstić information content (AvgIpc) is 2.83. The number of aromatic nitrogens is 1. The van der Waals surface area contributed by atoms with Crippen molar-refractivity contribution in [2.24, 2.45) is 0 Å². The lowest BCUT2D eigenvalue weighted by Crippen LogP contribution is -2.14. The van der Waals surface area contributed by atoms with Gasteiger partial charge in [-0.3, -0.25) is 4.79 Å². The summed E-state index contributed by atoms with van der Waals surface area (Å²) >= 11 is 0. The van der Waals surface area contributed by atoms with Crippen LogP contribution < -0.4 is 0 Å². The number of aromatic carboxylic acids is 1. The molecule has 0 aromatic carbocycles. The molecule has 1 aliphatic carbocycles. The fraction of sp³-hybridized carbons (Fsp3) is 0.500. The second-order valence-corrected chi connectivity index (χ2v) is 4.40. The number of nitrogens with zero attached hydrogens (tertiary/aromatic N) is 1. The van der Waals surface area contributed by atoms with Crippen molar-refractivity contribution < 1.29 is 19.8 Å². The van der Waals surface area contributed by atoms with Gasteiger partial charge in [0.25, 0.3) is 0 Å². The summed E-state index contributed by atoms with van der Waals surface area (Å²) in [6.07, 6.45) is 5.72. The highest BCUT2D eigenvalue weighted by molar-refractivity contribution is 5.90. The Morgan fingerprint density at radius 1 is 1.29 bits per heavy atom. The summed E-state index contributed by atoms with van der Waals surface area (Å²) in [4.78, 5) is 21.8. The van der Waals surface area contributed by atoms with Gasteiger partial charge < -0.3 is 14.8 Å². The molecule has 1 fully saturated rings. The van der Waals surface area contributed by atoms with E-state index < -0.39 is 11.9 Å². The van der Waals surface area contributed by atoms with Crippen molar-refractivity contribution in [3.05, 3.63) is 23.5 Å². The zero-order valence-corrected chi connectivity index (χ0v) is 9.43. The second kappa shape index (κ2) is 4.61. The first kappa shape index (κ1) is 11.7. The highest BCUT2D eigenvalue weighted by Gasteiger charge is 2.24. The summed E-state index contributed by atoms with van der Waals surface area (Å²) in [5, 5.41) is 17.9. The molecule has 17 heavy (non-hydrogen) atoms. The average molecular weight is 237 g/mol. The Kier molecular flexibility index (Phi) is 3.17. The second-order valence-electron chi connectivity index (χ2n) is 4.40. The summed E-state index contributed by atoms with van der Waals surface area (Å²) in [7, 11) is 0. The monoisotopic (exact) mass is 237 g/mol. The highest BCUT2D eigenvalue weighted by Crippen LogP contribution is 2.32. The van der Waals surface area contributed by atoms with E-state index in [2.05, 4.69) is 0 Å². The van der Waals surface area contributed by atoms with E-state index in [1.807, 2.05) is 4.57 Å². The van der Waals surface area contributed by atoms with Crippen LogP contribution in [0.15, 0.2) is 12.3 Å². The van der Waals surface area contributed by atoms with E-state index in [0.29, 0.717) is 5.69 Å². The molecule has 2 N–H and O–H groups in total. The van der Waals surface area contributed by atoms with Gasteiger partial charge in [-0.25, -0.2) is 4.79 Å². The van der Waals surface area contributed by atoms with Crippen molar-refractivity contribution >= 4 is 11.9 Å². The van der Waals surface area contributed by atoms with Crippen molar-refractivity contribution in [3.63, 3.8) is 0 Å². The zero-order valence-electron chi connectivity index (χ0n) is 9.43. The summed E-state index contributed by atoms with van der Waals surface area (Å²) in [5.41, 5.74) is 0.524. The van der Waals surface area contributed by atoms with Crippen LogP contribution in [0.25, 0.3) is 0 Å². The molecule has 1 aromatic rings. The largest absolute Gasteiger partial charge is 0.481 e.